The standard InChI is InChI=1S/C12H19N3O4S/c1-7(2)9-5-4-6-15(9)20(18,19)11-8(3)13-14-10(11)12(16)17/h7,9H,4-6H2,1-3H3,(H,13,14)(H,16,17). The van der Waals surface area contributed by atoms with Gasteiger partial charge in [0.2, 0.25) is 10.0 Å². The van der Waals surface area contributed by atoms with Gasteiger partial charge in [0.1, 0.15) is 4.90 Å². The Balaban J connectivity index is 2.51. The van der Waals surface area contributed by atoms with Gasteiger partial charge in [0.25, 0.3) is 0 Å². The Hall–Kier alpha value is -1.41. The van der Waals surface area contributed by atoms with Crippen molar-refractivity contribution in [2.24, 2.45) is 5.92 Å². The zero-order chi connectivity index (χ0) is 15.1. The quantitative estimate of drug-likeness (QED) is 0.870. The predicted molar refractivity (Wildman–Crippen MR) is 72.0 cm³/mol. The van der Waals surface area contributed by atoms with E-state index in [0.29, 0.717) is 6.54 Å². The van der Waals surface area contributed by atoms with E-state index in [2.05, 4.69) is 10.2 Å². The number of sulfonamides is 1. The number of aromatic carboxylic acids is 1. The summed E-state index contributed by atoms with van der Waals surface area (Å²) in [6, 6.07) is -0.0871. The van der Waals surface area contributed by atoms with Crippen molar-refractivity contribution in [1.29, 1.82) is 0 Å². The van der Waals surface area contributed by atoms with Gasteiger partial charge >= 0.3 is 5.97 Å². The zero-order valence-corrected chi connectivity index (χ0v) is 12.6. The van der Waals surface area contributed by atoms with Crippen molar-refractivity contribution in [1.82, 2.24) is 14.5 Å². The number of carboxylic acid groups (broad SMARTS) is 1. The lowest BCUT2D eigenvalue weighted by Crippen LogP contribution is -2.39. The van der Waals surface area contributed by atoms with Crippen LogP contribution in [0.25, 0.3) is 0 Å². The number of aryl methyl sites for hydroxylation is 1. The maximum atomic E-state index is 12.8. The highest BCUT2D eigenvalue weighted by Crippen LogP contribution is 2.32. The fourth-order valence-electron chi connectivity index (χ4n) is 2.73. The molecule has 2 heterocycles. The van der Waals surface area contributed by atoms with Crippen molar-refractivity contribution < 1.29 is 18.3 Å². The highest BCUT2D eigenvalue weighted by molar-refractivity contribution is 7.89. The topological polar surface area (TPSA) is 103 Å². The van der Waals surface area contributed by atoms with Gasteiger partial charge in [-0.2, -0.15) is 9.40 Å². The molecule has 0 saturated carbocycles. The van der Waals surface area contributed by atoms with Crippen molar-refractivity contribution in [2.75, 3.05) is 6.54 Å². The lowest BCUT2D eigenvalue weighted by atomic mass is 10.0. The van der Waals surface area contributed by atoms with Gasteiger partial charge in [-0.3, -0.25) is 5.10 Å². The second-order valence-electron chi connectivity index (χ2n) is 5.40. The number of carboxylic acids is 1. The van der Waals surface area contributed by atoms with Gasteiger partial charge in [0, 0.05) is 12.6 Å². The molecule has 112 valence electrons. The minimum Gasteiger partial charge on any atom is -0.476 e. The molecule has 0 bridgehead atoms. The molecule has 2 rings (SSSR count). The minimum absolute atomic E-state index is 0.0871. The molecule has 1 saturated heterocycles. The van der Waals surface area contributed by atoms with E-state index in [0.717, 1.165) is 12.8 Å². The smallest absolute Gasteiger partial charge is 0.357 e. The number of carbonyl (C=O) groups is 1. The molecule has 1 fully saturated rings. The first-order valence-electron chi connectivity index (χ1n) is 6.57. The van der Waals surface area contributed by atoms with Gasteiger partial charge < -0.3 is 5.11 Å². The number of hydrogen-bond donors (Lipinski definition) is 2. The van der Waals surface area contributed by atoms with Crippen molar-refractivity contribution in [3.63, 3.8) is 0 Å². The largest absolute Gasteiger partial charge is 0.476 e. The third kappa shape index (κ3) is 2.33. The molecule has 7 nitrogen and oxygen atoms in total. The van der Waals surface area contributed by atoms with Crippen LogP contribution >= 0.6 is 0 Å². The van der Waals surface area contributed by atoms with E-state index >= 15 is 0 Å². The van der Waals surface area contributed by atoms with Crippen LogP contribution in [-0.2, 0) is 10.0 Å². The molecule has 1 atom stereocenters. The Morgan fingerprint density at radius 1 is 1.50 bits per heavy atom. The molecule has 0 spiro atoms. The van der Waals surface area contributed by atoms with Crippen LogP contribution < -0.4 is 0 Å². The lowest BCUT2D eigenvalue weighted by molar-refractivity contribution is 0.0686. The Labute approximate surface area is 118 Å². The second-order valence-corrected chi connectivity index (χ2v) is 7.23. The first-order chi connectivity index (χ1) is 9.26. The maximum absolute atomic E-state index is 12.8. The summed E-state index contributed by atoms with van der Waals surface area (Å²) in [6.07, 6.45) is 1.59. The average Bonchev–Trinajstić information content (AvgIpc) is 2.94. The van der Waals surface area contributed by atoms with Crippen LogP contribution in [0, 0.1) is 12.8 Å². The molecule has 1 aromatic rings. The van der Waals surface area contributed by atoms with Crippen LogP contribution in [0.2, 0.25) is 0 Å². The van der Waals surface area contributed by atoms with Crippen LogP contribution in [-0.4, -0.2) is 46.6 Å². The van der Waals surface area contributed by atoms with E-state index in [1.807, 2.05) is 13.8 Å². The molecule has 1 unspecified atom stereocenters. The third-order valence-corrected chi connectivity index (χ3v) is 5.76. The van der Waals surface area contributed by atoms with Crippen molar-refractivity contribution >= 4 is 16.0 Å². The monoisotopic (exact) mass is 301 g/mol. The number of hydrogen-bond acceptors (Lipinski definition) is 4. The number of nitrogens with zero attached hydrogens (tertiary/aromatic N) is 2. The van der Waals surface area contributed by atoms with Gasteiger partial charge in [-0.25, -0.2) is 13.2 Å². The molecule has 1 aliphatic heterocycles. The van der Waals surface area contributed by atoms with Crippen LogP contribution in [0.1, 0.15) is 42.9 Å². The normalized spacial score (nSPS) is 20.7. The fraction of sp³-hybridized carbons (Fsp3) is 0.667. The first kappa shape index (κ1) is 15.0. The molecule has 0 aliphatic carbocycles. The molecular weight excluding hydrogens is 282 g/mol. The van der Waals surface area contributed by atoms with E-state index < -0.39 is 21.7 Å². The molecule has 2 N–H and O–H groups in total. The molecule has 0 radical (unpaired) electrons. The Kier molecular flexibility index (Phi) is 3.88. The second kappa shape index (κ2) is 5.17. The highest BCUT2D eigenvalue weighted by atomic mass is 32.2. The average molecular weight is 301 g/mol. The number of rotatable bonds is 4. The van der Waals surface area contributed by atoms with E-state index in [-0.39, 0.29) is 22.5 Å². The van der Waals surface area contributed by atoms with E-state index in [9.17, 15) is 13.2 Å². The van der Waals surface area contributed by atoms with E-state index in [4.69, 9.17) is 5.11 Å². The SMILES string of the molecule is Cc1[nH]nc(C(=O)O)c1S(=O)(=O)N1CCCC1C(C)C. The number of nitrogens with one attached hydrogen (secondary N) is 1. The molecule has 8 heteroatoms. The van der Waals surface area contributed by atoms with Crippen LogP contribution in [0.4, 0.5) is 0 Å². The lowest BCUT2D eigenvalue weighted by Gasteiger charge is -2.26. The summed E-state index contributed by atoms with van der Waals surface area (Å²) in [5.41, 5.74) is -0.172. The molecule has 1 aromatic heterocycles. The maximum Gasteiger partial charge on any atom is 0.357 e. The molecule has 20 heavy (non-hydrogen) atoms. The summed E-state index contributed by atoms with van der Waals surface area (Å²) < 4.78 is 26.9. The van der Waals surface area contributed by atoms with Gasteiger partial charge in [0.15, 0.2) is 5.69 Å². The fourth-order valence-corrected chi connectivity index (χ4v) is 4.85. The van der Waals surface area contributed by atoms with Crippen LogP contribution in [0.5, 0.6) is 0 Å². The van der Waals surface area contributed by atoms with Crippen LogP contribution in [0.3, 0.4) is 0 Å². The van der Waals surface area contributed by atoms with E-state index in [1.54, 1.807) is 0 Å². The van der Waals surface area contributed by atoms with Crippen LogP contribution in [0.15, 0.2) is 4.90 Å². The van der Waals surface area contributed by atoms with Gasteiger partial charge in [-0.1, -0.05) is 13.8 Å². The first-order valence-corrected chi connectivity index (χ1v) is 8.01. The molecule has 1 aliphatic rings. The van der Waals surface area contributed by atoms with E-state index in [1.165, 1.54) is 11.2 Å². The molecule has 0 amide bonds. The van der Waals surface area contributed by atoms with Crippen molar-refractivity contribution in [3.05, 3.63) is 11.4 Å². The van der Waals surface area contributed by atoms with Gasteiger partial charge in [-0.15, -0.1) is 0 Å². The zero-order valence-electron chi connectivity index (χ0n) is 11.8. The Bertz CT molecular complexity index is 621. The summed E-state index contributed by atoms with van der Waals surface area (Å²) >= 11 is 0. The number of aromatic nitrogens is 2. The van der Waals surface area contributed by atoms with Gasteiger partial charge in [0.05, 0.1) is 5.69 Å². The molecular formula is C12H19N3O4S. The molecule has 0 aromatic carbocycles. The number of aromatic amines is 1. The highest BCUT2D eigenvalue weighted by Gasteiger charge is 2.40. The summed E-state index contributed by atoms with van der Waals surface area (Å²) in [5, 5.41) is 15.1. The minimum atomic E-state index is -3.84. The third-order valence-electron chi connectivity index (χ3n) is 3.68. The Morgan fingerprint density at radius 2 is 2.15 bits per heavy atom. The summed E-state index contributed by atoms with van der Waals surface area (Å²) in [6.45, 7) is 5.89. The Morgan fingerprint density at radius 3 is 2.70 bits per heavy atom. The summed E-state index contributed by atoms with van der Waals surface area (Å²) in [4.78, 5) is 10.9. The van der Waals surface area contributed by atoms with Gasteiger partial charge in [-0.05, 0) is 25.7 Å². The summed E-state index contributed by atoms with van der Waals surface area (Å²) in [7, 11) is -3.84. The summed E-state index contributed by atoms with van der Waals surface area (Å²) in [5.74, 6) is -1.15. The van der Waals surface area contributed by atoms with Crippen molar-refractivity contribution in [3.8, 4) is 0 Å². The van der Waals surface area contributed by atoms with Crippen molar-refractivity contribution in [2.45, 2.75) is 44.6 Å². The predicted octanol–water partition coefficient (Wildman–Crippen LogP) is 1.23. The number of H-pyrrole nitrogens is 1.